The zero-order valence-corrected chi connectivity index (χ0v) is 8.00. The minimum atomic E-state index is -1.09. The Labute approximate surface area is 81.0 Å². The lowest BCUT2D eigenvalue weighted by atomic mass is 10.2. The first-order chi connectivity index (χ1) is 6.11. The number of alkyl halides is 1. The Kier molecular flexibility index (Phi) is 6.05. The van der Waals surface area contributed by atoms with Crippen LogP contribution in [-0.2, 0) is 9.53 Å². The molecule has 1 amide bonds. The number of carbonyl (C=O) groups excluding carboxylic acids is 1. The van der Waals surface area contributed by atoms with Gasteiger partial charge in [-0.05, 0) is 12.8 Å². The van der Waals surface area contributed by atoms with E-state index in [9.17, 15) is 9.59 Å². The van der Waals surface area contributed by atoms with Gasteiger partial charge in [0.15, 0.2) is 0 Å². The van der Waals surface area contributed by atoms with Crippen LogP contribution in [0.2, 0.25) is 0 Å². The van der Waals surface area contributed by atoms with Crippen LogP contribution in [0.3, 0.4) is 0 Å². The lowest BCUT2D eigenvalue weighted by Gasteiger charge is -2.12. The summed E-state index contributed by atoms with van der Waals surface area (Å²) in [5.41, 5.74) is 0. The van der Waals surface area contributed by atoms with Crippen LogP contribution in [-0.4, -0.2) is 36.2 Å². The number of halogens is 1. The summed E-state index contributed by atoms with van der Waals surface area (Å²) in [6.45, 7) is 0. The molecule has 6 heteroatoms. The summed E-state index contributed by atoms with van der Waals surface area (Å²) in [6, 6.07) is -0.925. The van der Waals surface area contributed by atoms with Crippen molar-refractivity contribution in [1.82, 2.24) is 5.32 Å². The molecule has 0 aromatic heterocycles. The molecule has 0 saturated heterocycles. The fourth-order valence-corrected chi connectivity index (χ4v) is 0.894. The van der Waals surface area contributed by atoms with Crippen molar-refractivity contribution in [2.75, 3.05) is 13.0 Å². The molecule has 2 N–H and O–H groups in total. The highest BCUT2D eigenvalue weighted by atomic mass is 35.5. The molecule has 0 aromatic rings. The minimum Gasteiger partial charge on any atom is -0.480 e. The average molecular weight is 210 g/mol. The maximum absolute atomic E-state index is 10.7. The molecule has 0 saturated carbocycles. The lowest BCUT2D eigenvalue weighted by molar-refractivity contribution is -0.139. The van der Waals surface area contributed by atoms with Gasteiger partial charge >= 0.3 is 12.1 Å². The molecule has 1 atom stereocenters. The fourth-order valence-electron chi connectivity index (χ4n) is 0.740. The summed E-state index contributed by atoms with van der Waals surface area (Å²) in [7, 11) is 1.18. The predicted octanol–water partition coefficient (Wildman–Crippen LogP) is 0.815. The van der Waals surface area contributed by atoms with Gasteiger partial charge in [0.25, 0.3) is 0 Å². The Morgan fingerprint density at radius 2 is 2.23 bits per heavy atom. The number of amides is 1. The summed E-state index contributed by atoms with van der Waals surface area (Å²) in [5.74, 6) is -0.720. The summed E-state index contributed by atoms with van der Waals surface area (Å²) in [5, 5.41) is 10.8. The smallest absolute Gasteiger partial charge is 0.407 e. The molecule has 0 spiro atoms. The van der Waals surface area contributed by atoms with Crippen molar-refractivity contribution < 1.29 is 19.4 Å². The fraction of sp³-hybridized carbons (Fsp3) is 0.714. The standard InChI is InChI=1S/C7H12ClNO4/c1-13-7(12)9-5(6(10)11)3-2-4-8/h5H,2-4H2,1H3,(H,9,12)(H,10,11)/t5-/m0/s1. The predicted molar refractivity (Wildman–Crippen MR) is 46.9 cm³/mol. The second kappa shape index (κ2) is 6.54. The van der Waals surface area contributed by atoms with Crippen LogP contribution in [0.4, 0.5) is 4.79 Å². The van der Waals surface area contributed by atoms with Crippen LogP contribution in [0, 0.1) is 0 Å². The number of alkyl carbamates (subject to hydrolysis) is 1. The van der Waals surface area contributed by atoms with Crippen LogP contribution in [0.15, 0.2) is 0 Å². The number of hydrogen-bond donors (Lipinski definition) is 2. The lowest BCUT2D eigenvalue weighted by Crippen LogP contribution is -2.40. The second-order valence-electron chi connectivity index (χ2n) is 2.36. The third-order valence-electron chi connectivity index (χ3n) is 1.40. The maximum Gasteiger partial charge on any atom is 0.407 e. The van der Waals surface area contributed by atoms with E-state index in [0.717, 1.165) is 0 Å². The Morgan fingerprint density at radius 3 is 2.62 bits per heavy atom. The normalized spacial score (nSPS) is 11.8. The summed E-state index contributed by atoms with van der Waals surface area (Å²) in [4.78, 5) is 21.2. The number of hydrogen-bond acceptors (Lipinski definition) is 3. The van der Waals surface area contributed by atoms with Gasteiger partial charge in [0, 0.05) is 5.88 Å². The van der Waals surface area contributed by atoms with E-state index in [2.05, 4.69) is 10.1 Å². The zero-order valence-electron chi connectivity index (χ0n) is 7.25. The van der Waals surface area contributed by atoms with Crippen molar-refractivity contribution in [3.63, 3.8) is 0 Å². The largest absolute Gasteiger partial charge is 0.480 e. The van der Waals surface area contributed by atoms with Crippen LogP contribution in [0.25, 0.3) is 0 Å². The van der Waals surface area contributed by atoms with Gasteiger partial charge in [-0.15, -0.1) is 11.6 Å². The van der Waals surface area contributed by atoms with E-state index in [-0.39, 0.29) is 0 Å². The van der Waals surface area contributed by atoms with Crippen molar-refractivity contribution in [2.24, 2.45) is 0 Å². The topological polar surface area (TPSA) is 75.6 Å². The van der Waals surface area contributed by atoms with Gasteiger partial charge in [-0.2, -0.15) is 0 Å². The molecule has 0 aliphatic heterocycles. The maximum atomic E-state index is 10.7. The van der Waals surface area contributed by atoms with Crippen molar-refractivity contribution >= 4 is 23.7 Å². The third kappa shape index (κ3) is 5.30. The number of methoxy groups -OCH3 is 1. The van der Waals surface area contributed by atoms with Gasteiger partial charge in [0.05, 0.1) is 7.11 Å². The molecular formula is C7H12ClNO4. The summed E-state index contributed by atoms with van der Waals surface area (Å²) < 4.78 is 4.26. The van der Waals surface area contributed by atoms with E-state index in [0.29, 0.717) is 18.7 Å². The minimum absolute atomic E-state index is 0.300. The molecule has 13 heavy (non-hydrogen) atoms. The Bertz CT molecular complexity index is 185. The number of carboxylic acid groups (broad SMARTS) is 1. The number of aliphatic carboxylic acids is 1. The molecule has 5 nitrogen and oxygen atoms in total. The highest BCUT2D eigenvalue weighted by molar-refractivity contribution is 6.17. The quantitative estimate of drug-likeness (QED) is 0.658. The van der Waals surface area contributed by atoms with Crippen molar-refractivity contribution in [1.29, 1.82) is 0 Å². The first-order valence-electron chi connectivity index (χ1n) is 3.75. The van der Waals surface area contributed by atoms with Crippen molar-refractivity contribution in [3.05, 3.63) is 0 Å². The van der Waals surface area contributed by atoms with Gasteiger partial charge in [0.1, 0.15) is 6.04 Å². The van der Waals surface area contributed by atoms with E-state index in [1.54, 1.807) is 0 Å². The molecule has 0 aliphatic rings. The summed E-state index contributed by atoms with van der Waals surface area (Å²) >= 11 is 5.38. The zero-order chi connectivity index (χ0) is 10.3. The van der Waals surface area contributed by atoms with E-state index < -0.39 is 18.1 Å². The monoisotopic (exact) mass is 209 g/mol. The van der Waals surface area contributed by atoms with Crippen LogP contribution >= 0.6 is 11.6 Å². The van der Waals surface area contributed by atoms with Gasteiger partial charge in [-0.25, -0.2) is 9.59 Å². The molecule has 0 fully saturated rings. The van der Waals surface area contributed by atoms with E-state index in [1.165, 1.54) is 7.11 Å². The van der Waals surface area contributed by atoms with Crippen LogP contribution in [0.5, 0.6) is 0 Å². The van der Waals surface area contributed by atoms with Crippen molar-refractivity contribution in [3.8, 4) is 0 Å². The highest BCUT2D eigenvalue weighted by Gasteiger charge is 2.19. The second-order valence-corrected chi connectivity index (χ2v) is 2.74. The molecule has 0 radical (unpaired) electrons. The number of rotatable bonds is 5. The Morgan fingerprint density at radius 1 is 1.62 bits per heavy atom. The Hall–Kier alpha value is -0.970. The first-order valence-corrected chi connectivity index (χ1v) is 4.28. The molecule has 0 unspecified atom stereocenters. The molecular weight excluding hydrogens is 198 g/mol. The molecule has 0 heterocycles. The average Bonchev–Trinajstić information content (AvgIpc) is 2.11. The third-order valence-corrected chi connectivity index (χ3v) is 1.67. The molecule has 76 valence electrons. The molecule has 0 bridgehead atoms. The van der Waals surface area contributed by atoms with Gasteiger partial charge in [0.2, 0.25) is 0 Å². The van der Waals surface area contributed by atoms with E-state index in [1.807, 2.05) is 0 Å². The highest BCUT2D eigenvalue weighted by Crippen LogP contribution is 1.99. The van der Waals surface area contributed by atoms with Gasteiger partial charge in [-0.1, -0.05) is 0 Å². The number of nitrogens with one attached hydrogen (secondary N) is 1. The Balaban J connectivity index is 3.94. The number of ether oxygens (including phenoxy) is 1. The van der Waals surface area contributed by atoms with Crippen LogP contribution < -0.4 is 5.32 Å². The van der Waals surface area contributed by atoms with Crippen molar-refractivity contribution in [2.45, 2.75) is 18.9 Å². The van der Waals surface area contributed by atoms with Gasteiger partial charge in [-0.3, -0.25) is 0 Å². The number of carboxylic acids is 1. The number of carbonyl (C=O) groups is 2. The molecule has 0 aliphatic carbocycles. The van der Waals surface area contributed by atoms with E-state index in [4.69, 9.17) is 16.7 Å². The van der Waals surface area contributed by atoms with Crippen LogP contribution in [0.1, 0.15) is 12.8 Å². The first kappa shape index (κ1) is 12.0. The summed E-state index contributed by atoms with van der Waals surface area (Å²) in [6.07, 6.45) is 0.0816. The van der Waals surface area contributed by atoms with E-state index >= 15 is 0 Å². The SMILES string of the molecule is COC(=O)N[C@@H](CCCCl)C(=O)O. The van der Waals surface area contributed by atoms with Gasteiger partial charge < -0.3 is 15.2 Å². The molecule has 0 rings (SSSR count). The molecule has 0 aromatic carbocycles.